The third-order valence-electron chi connectivity index (χ3n) is 4.05. The van der Waals surface area contributed by atoms with Crippen molar-refractivity contribution in [1.29, 1.82) is 0 Å². The average molecular weight is 391 g/mol. The zero-order valence-electron chi connectivity index (χ0n) is 16.4. The number of thiophene rings is 1. The molecule has 0 saturated heterocycles. The number of carbonyl (C=O) groups excluding carboxylic acids is 3. The number of carbonyl (C=O) groups is 3. The number of ether oxygens (including phenoxy) is 1. The van der Waals surface area contributed by atoms with Gasteiger partial charge < -0.3 is 14.6 Å². The number of aromatic nitrogens is 1. The minimum Gasteiger partial charge on any atom is -0.452 e. The van der Waals surface area contributed by atoms with Gasteiger partial charge in [0.25, 0.3) is 5.91 Å². The summed E-state index contributed by atoms with van der Waals surface area (Å²) in [5, 5.41) is 5.43. The predicted octanol–water partition coefficient (Wildman–Crippen LogP) is 3.16. The quantitative estimate of drug-likeness (QED) is 0.766. The van der Waals surface area contributed by atoms with Gasteiger partial charge in [0.05, 0.1) is 5.56 Å². The first-order chi connectivity index (χ1) is 12.6. The fourth-order valence-electron chi connectivity index (χ4n) is 2.66. The van der Waals surface area contributed by atoms with Gasteiger partial charge in [-0.2, -0.15) is 0 Å². The summed E-state index contributed by atoms with van der Waals surface area (Å²) in [6.07, 6.45) is 0. The zero-order chi connectivity index (χ0) is 20.3. The van der Waals surface area contributed by atoms with Crippen LogP contribution in [-0.2, 0) is 9.53 Å². The van der Waals surface area contributed by atoms with E-state index in [0.717, 1.165) is 26.8 Å². The lowest BCUT2D eigenvalue weighted by Crippen LogP contribution is -2.44. The van der Waals surface area contributed by atoms with E-state index < -0.39 is 24.5 Å². The standard InChI is InChI=1S/C19H25N3O4S/c1-10(2)20-19(25)21-15(23)9-26-18(24)16-13(5)14(6)27-17(16)22-11(3)7-8-12(22)4/h7-8,10H,9H2,1-6H3,(H2,20,21,23,25). The van der Waals surface area contributed by atoms with Gasteiger partial charge in [0.15, 0.2) is 6.61 Å². The Bertz CT molecular complexity index is 860. The molecule has 3 amide bonds. The van der Waals surface area contributed by atoms with Gasteiger partial charge >= 0.3 is 12.0 Å². The Morgan fingerprint density at radius 2 is 1.70 bits per heavy atom. The molecule has 2 aromatic rings. The highest BCUT2D eigenvalue weighted by Crippen LogP contribution is 2.33. The Balaban J connectivity index is 2.16. The van der Waals surface area contributed by atoms with Gasteiger partial charge in [-0.15, -0.1) is 11.3 Å². The first kappa shape index (κ1) is 20.7. The molecule has 0 radical (unpaired) electrons. The molecule has 0 fully saturated rings. The van der Waals surface area contributed by atoms with E-state index >= 15 is 0 Å². The van der Waals surface area contributed by atoms with Gasteiger partial charge in [-0.05, 0) is 59.2 Å². The molecular weight excluding hydrogens is 366 g/mol. The molecular formula is C19H25N3O4S. The number of rotatable bonds is 5. The van der Waals surface area contributed by atoms with Crippen LogP contribution in [0.2, 0.25) is 0 Å². The van der Waals surface area contributed by atoms with Crippen LogP contribution in [0.15, 0.2) is 12.1 Å². The van der Waals surface area contributed by atoms with Crippen molar-refractivity contribution in [3.05, 3.63) is 39.5 Å². The molecule has 0 bridgehead atoms. The van der Waals surface area contributed by atoms with Crippen molar-refractivity contribution < 1.29 is 19.1 Å². The highest BCUT2D eigenvalue weighted by Gasteiger charge is 2.24. The molecule has 0 saturated carbocycles. The second kappa shape index (κ2) is 8.39. The van der Waals surface area contributed by atoms with Crippen molar-refractivity contribution in [1.82, 2.24) is 15.2 Å². The summed E-state index contributed by atoms with van der Waals surface area (Å²) in [6.45, 7) is 10.8. The van der Waals surface area contributed by atoms with Crippen molar-refractivity contribution in [3.63, 3.8) is 0 Å². The van der Waals surface area contributed by atoms with Crippen LogP contribution in [-0.4, -0.2) is 35.1 Å². The largest absolute Gasteiger partial charge is 0.452 e. The summed E-state index contributed by atoms with van der Waals surface area (Å²) in [4.78, 5) is 37.0. The lowest BCUT2D eigenvalue weighted by molar-refractivity contribution is -0.123. The highest BCUT2D eigenvalue weighted by molar-refractivity contribution is 7.15. The molecule has 2 heterocycles. The maximum Gasteiger partial charge on any atom is 0.341 e. The van der Waals surface area contributed by atoms with Crippen LogP contribution in [0.25, 0.3) is 5.00 Å². The van der Waals surface area contributed by atoms with Crippen LogP contribution in [0.1, 0.15) is 46.0 Å². The number of nitrogens with one attached hydrogen (secondary N) is 2. The van der Waals surface area contributed by atoms with E-state index in [4.69, 9.17) is 4.74 Å². The number of nitrogens with zero attached hydrogens (tertiary/aromatic N) is 1. The van der Waals surface area contributed by atoms with Crippen molar-refractivity contribution in [3.8, 4) is 5.00 Å². The topological polar surface area (TPSA) is 89.4 Å². The van der Waals surface area contributed by atoms with Gasteiger partial charge in [-0.3, -0.25) is 10.1 Å². The third kappa shape index (κ3) is 4.77. The predicted molar refractivity (Wildman–Crippen MR) is 105 cm³/mol. The molecule has 0 unspecified atom stereocenters. The van der Waals surface area contributed by atoms with Crippen molar-refractivity contribution in [2.75, 3.05) is 6.61 Å². The first-order valence-corrected chi connectivity index (χ1v) is 9.46. The van der Waals surface area contributed by atoms with Gasteiger partial charge in [0, 0.05) is 22.3 Å². The Morgan fingerprint density at radius 1 is 1.11 bits per heavy atom. The molecule has 0 atom stereocenters. The Morgan fingerprint density at radius 3 is 2.26 bits per heavy atom. The summed E-state index contributed by atoms with van der Waals surface area (Å²) in [7, 11) is 0. The van der Waals surface area contributed by atoms with Crippen LogP contribution >= 0.6 is 11.3 Å². The molecule has 27 heavy (non-hydrogen) atoms. The van der Waals surface area contributed by atoms with Crippen LogP contribution in [0.4, 0.5) is 4.79 Å². The van der Waals surface area contributed by atoms with Gasteiger partial charge in [-0.1, -0.05) is 0 Å². The number of aryl methyl sites for hydroxylation is 3. The minimum absolute atomic E-state index is 0.104. The van der Waals surface area contributed by atoms with E-state index in [1.54, 1.807) is 13.8 Å². The summed E-state index contributed by atoms with van der Waals surface area (Å²) < 4.78 is 7.17. The molecule has 8 heteroatoms. The molecule has 2 aromatic heterocycles. The second-order valence-corrected chi connectivity index (χ2v) is 7.87. The Labute approximate surface area is 162 Å². The summed E-state index contributed by atoms with van der Waals surface area (Å²) in [5.74, 6) is -1.26. The van der Waals surface area contributed by atoms with Crippen molar-refractivity contribution in [2.45, 2.75) is 47.6 Å². The summed E-state index contributed by atoms with van der Waals surface area (Å²) in [5.41, 5.74) is 3.28. The van der Waals surface area contributed by atoms with Gasteiger partial charge in [-0.25, -0.2) is 9.59 Å². The van der Waals surface area contributed by atoms with Gasteiger partial charge in [0.1, 0.15) is 5.00 Å². The number of imide groups is 1. The SMILES string of the molecule is Cc1sc(-n2c(C)ccc2C)c(C(=O)OCC(=O)NC(=O)NC(C)C)c1C. The van der Waals surface area contributed by atoms with Gasteiger partial charge in [0.2, 0.25) is 0 Å². The number of hydrogen-bond donors (Lipinski definition) is 2. The Hall–Kier alpha value is -2.61. The zero-order valence-corrected chi connectivity index (χ0v) is 17.2. The highest BCUT2D eigenvalue weighted by atomic mass is 32.1. The molecule has 146 valence electrons. The lowest BCUT2D eigenvalue weighted by Gasteiger charge is -2.12. The van der Waals surface area contributed by atoms with E-state index in [2.05, 4.69) is 10.6 Å². The maximum absolute atomic E-state index is 12.7. The summed E-state index contributed by atoms with van der Waals surface area (Å²) in [6, 6.07) is 3.24. The fraction of sp³-hybridized carbons (Fsp3) is 0.421. The van der Waals surface area contributed by atoms with Crippen LogP contribution in [0.5, 0.6) is 0 Å². The monoisotopic (exact) mass is 391 g/mol. The van der Waals surface area contributed by atoms with E-state index in [1.807, 2.05) is 44.4 Å². The van der Waals surface area contributed by atoms with Crippen LogP contribution in [0.3, 0.4) is 0 Å². The number of hydrogen-bond acceptors (Lipinski definition) is 5. The molecule has 7 nitrogen and oxygen atoms in total. The normalized spacial score (nSPS) is 10.8. The average Bonchev–Trinajstić information content (AvgIpc) is 3.03. The third-order valence-corrected chi connectivity index (χ3v) is 5.24. The smallest absolute Gasteiger partial charge is 0.341 e. The number of amides is 3. The first-order valence-electron chi connectivity index (χ1n) is 8.64. The van der Waals surface area contributed by atoms with Crippen molar-refractivity contribution in [2.24, 2.45) is 0 Å². The van der Waals surface area contributed by atoms with E-state index in [1.165, 1.54) is 11.3 Å². The number of esters is 1. The molecule has 0 aliphatic carbocycles. The Kier molecular flexibility index (Phi) is 6.43. The molecule has 2 N–H and O–H groups in total. The molecule has 0 aromatic carbocycles. The maximum atomic E-state index is 12.7. The fourth-order valence-corrected chi connectivity index (χ4v) is 3.92. The van der Waals surface area contributed by atoms with Crippen molar-refractivity contribution >= 4 is 29.2 Å². The molecule has 0 aliphatic heterocycles. The lowest BCUT2D eigenvalue weighted by atomic mass is 10.1. The van der Waals surface area contributed by atoms with E-state index in [0.29, 0.717) is 5.56 Å². The minimum atomic E-state index is -0.680. The molecule has 2 rings (SSSR count). The van der Waals surface area contributed by atoms with Crippen LogP contribution in [0, 0.1) is 27.7 Å². The van der Waals surface area contributed by atoms with E-state index in [-0.39, 0.29) is 6.04 Å². The number of urea groups is 1. The molecule has 0 spiro atoms. The van der Waals surface area contributed by atoms with E-state index in [9.17, 15) is 14.4 Å². The summed E-state index contributed by atoms with van der Waals surface area (Å²) >= 11 is 1.50. The second-order valence-electron chi connectivity index (χ2n) is 6.67. The molecule has 0 aliphatic rings. The van der Waals surface area contributed by atoms with Crippen LogP contribution < -0.4 is 10.6 Å².